The lowest BCUT2D eigenvalue weighted by Gasteiger charge is -2.06. The van der Waals surface area contributed by atoms with Crippen LogP contribution in [-0.2, 0) is 0 Å². The van der Waals surface area contributed by atoms with E-state index in [0.29, 0.717) is 12.5 Å². The van der Waals surface area contributed by atoms with Crippen molar-refractivity contribution < 1.29 is 14.2 Å². The molecule has 0 radical (unpaired) electrons. The van der Waals surface area contributed by atoms with Crippen molar-refractivity contribution in [2.24, 2.45) is 0 Å². The van der Waals surface area contributed by atoms with E-state index in [4.69, 9.17) is 9.84 Å². The van der Waals surface area contributed by atoms with E-state index in [9.17, 15) is 4.39 Å². The molecule has 1 aromatic rings. The molecule has 0 saturated carbocycles. The third-order valence-electron chi connectivity index (χ3n) is 1.58. The van der Waals surface area contributed by atoms with Crippen LogP contribution in [0.4, 0.5) is 10.3 Å². The highest BCUT2D eigenvalue weighted by molar-refractivity contribution is 5.28. The predicted octanol–water partition coefficient (Wildman–Crippen LogP) is 0.809. The van der Waals surface area contributed by atoms with Crippen LogP contribution in [0.1, 0.15) is 13.3 Å². The zero-order chi connectivity index (χ0) is 11.1. The van der Waals surface area contributed by atoms with Crippen molar-refractivity contribution in [1.82, 2.24) is 9.97 Å². The van der Waals surface area contributed by atoms with Gasteiger partial charge in [-0.15, -0.1) is 0 Å². The van der Waals surface area contributed by atoms with Crippen molar-refractivity contribution in [2.45, 2.75) is 13.3 Å². The number of nitrogens with zero attached hydrogens (tertiary/aromatic N) is 2. The molecule has 0 saturated heterocycles. The first-order valence-corrected chi connectivity index (χ1v) is 4.78. The number of hydrogen-bond acceptors (Lipinski definition) is 5. The van der Waals surface area contributed by atoms with E-state index in [0.717, 1.165) is 12.6 Å². The molecule has 15 heavy (non-hydrogen) atoms. The van der Waals surface area contributed by atoms with Crippen LogP contribution in [0, 0.1) is 5.82 Å². The molecule has 1 heterocycles. The van der Waals surface area contributed by atoms with E-state index in [2.05, 4.69) is 15.3 Å². The third kappa shape index (κ3) is 3.67. The van der Waals surface area contributed by atoms with Crippen molar-refractivity contribution in [2.75, 3.05) is 25.1 Å². The number of rotatable bonds is 6. The minimum Gasteiger partial charge on any atom is -0.473 e. The summed E-state index contributed by atoms with van der Waals surface area (Å²) in [4.78, 5) is 7.56. The number of hydrogen-bond donors (Lipinski definition) is 2. The number of aliphatic hydroxyl groups is 1. The molecule has 0 bridgehead atoms. The van der Waals surface area contributed by atoms with E-state index >= 15 is 0 Å². The maximum Gasteiger partial charge on any atom is 0.255 e. The van der Waals surface area contributed by atoms with Crippen LogP contribution in [-0.4, -0.2) is 34.8 Å². The average molecular weight is 215 g/mol. The van der Waals surface area contributed by atoms with Gasteiger partial charge in [-0.2, -0.15) is 9.37 Å². The molecule has 0 aliphatic rings. The molecule has 1 rings (SSSR count). The van der Waals surface area contributed by atoms with Crippen LogP contribution in [0.2, 0.25) is 0 Å². The quantitative estimate of drug-likeness (QED) is 0.735. The first-order valence-electron chi connectivity index (χ1n) is 4.78. The number of nitrogens with one attached hydrogen (secondary N) is 1. The largest absolute Gasteiger partial charge is 0.473 e. The Morgan fingerprint density at radius 2 is 2.40 bits per heavy atom. The first-order chi connectivity index (χ1) is 7.27. The Kier molecular flexibility index (Phi) is 4.76. The number of aliphatic hydroxyl groups excluding tert-OH is 1. The topological polar surface area (TPSA) is 67.3 Å². The molecule has 0 fully saturated rings. The van der Waals surface area contributed by atoms with Gasteiger partial charge in [-0.05, 0) is 6.42 Å². The summed E-state index contributed by atoms with van der Waals surface area (Å²) in [6.07, 6.45) is 1.96. The Bertz CT molecular complexity index is 309. The van der Waals surface area contributed by atoms with Crippen molar-refractivity contribution >= 4 is 5.95 Å². The minimum atomic E-state index is -0.634. The Hall–Kier alpha value is -1.43. The molecule has 2 N–H and O–H groups in total. The Labute approximate surface area is 87.3 Å². The fourth-order valence-electron chi connectivity index (χ4n) is 0.917. The van der Waals surface area contributed by atoms with E-state index < -0.39 is 5.82 Å². The highest BCUT2D eigenvalue weighted by Gasteiger charge is 2.07. The van der Waals surface area contributed by atoms with Gasteiger partial charge in [0.25, 0.3) is 5.88 Å². The van der Waals surface area contributed by atoms with Gasteiger partial charge in [0.05, 0.1) is 12.8 Å². The molecule has 5 nitrogen and oxygen atoms in total. The van der Waals surface area contributed by atoms with E-state index in [1.807, 2.05) is 6.92 Å². The second-order valence-corrected chi connectivity index (χ2v) is 2.85. The fraction of sp³-hybridized carbons (Fsp3) is 0.556. The molecule has 0 atom stereocenters. The lowest BCUT2D eigenvalue weighted by Crippen LogP contribution is -2.09. The Morgan fingerprint density at radius 3 is 3.07 bits per heavy atom. The van der Waals surface area contributed by atoms with Crippen LogP contribution < -0.4 is 10.1 Å². The van der Waals surface area contributed by atoms with Crippen LogP contribution in [0.5, 0.6) is 5.88 Å². The van der Waals surface area contributed by atoms with Gasteiger partial charge >= 0.3 is 0 Å². The van der Waals surface area contributed by atoms with E-state index in [1.165, 1.54) is 0 Å². The Balaban J connectivity index is 2.66. The second-order valence-electron chi connectivity index (χ2n) is 2.85. The standard InChI is InChI=1S/C9H14FN3O2/c1-2-3-11-9-12-6-7(10)8(13-9)15-5-4-14/h6,14H,2-5H2,1H3,(H,11,12,13). The van der Waals surface area contributed by atoms with Gasteiger partial charge in [-0.3, -0.25) is 0 Å². The smallest absolute Gasteiger partial charge is 0.255 e. The highest BCUT2D eigenvalue weighted by atomic mass is 19.1. The highest BCUT2D eigenvalue weighted by Crippen LogP contribution is 2.14. The number of aromatic nitrogens is 2. The number of ether oxygens (including phenoxy) is 1. The normalized spacial score (nSPS) is 10.1. The van der Waals surface area contributed by atoms with Crippen molar-refractivity contribution in [3.05, 3.63) is 12.0 Å². The maximum absolute atomic E-state index is 13.1. The van der Waals surface area contributed by atoms with Crippen LogP contribution in [0.15, 0.2) is 6.20 Å². The first kappa shape index (κ1) is 11.6. The molecule has 0 aliphatic heterocycles. The average Bonchev–Trinajstić information content (AvgIpc) is 2.26. The van der Waals surface area contributed by atoms with Gasteiger partial charge < -0.3 is 15.2 Å². The number of anilines is 1. The molecule has 1 aromatic heterocycles. The molecule has 6 heteroatoms. The Morgan fingerprint density at radius 1 is 1.60 bits per heavy atom. The second kappa shape index (κ2) is 6.13. The molecule has 0 spiro atoms. The van der Waals surface area contributed by atoms with Crippen molar-refractivity contribution in [1.29, 1.82) is 0 Å². The number of halogens is 1. The minimum absolute atomic E-state index is 0.0150. The van der Waals surface area contributed by atoms with E-state index in [1.54, 1.807) is 0 Å². The zero-order valence-corrected chi connectivity index (χ0v) is 8.53. The molecular formula is C9H14FN3O2. The lowest BCUT2D eigenvalue weighted by molar-refractivity contribution is 0.191. The zero-order valence-electron chi connectivity index (χ0n) is 8.53. The van der Waals surface area contributed by atoms with Gasteiger partial charge in [0.1, 0.15) is 6.61 Å². The molecule has 0 unspecified atom stereocenters. The fourth-order valence-corrected chi connectivity index (χ4v) is 0.917. The van der Waals surface area contributed by atoms with Gasteiger partial charge in [0.2, 0.25) is 11.8 Å². The predicted molar refractivity (Wildman–Crippen MR) is 53.4 cm³/mol. The van der Waals surface area contributed by atoms with Crippen LogP contribution in [0.3, 0.4) is 0 Å². The SMILES string of the molecule is CCCNc1ncc(F)c(OCCO)n1. The summed E-state index contributed by atoms with van der Waals surface area (Å²) in [6, 6.07) is 0. The molecule has 0 amide bonds. The van der Waals surface area contributed by atoms with Gasteiger partial charge in [0, 0.05) is 6.54 Å². The monoisotopic (exact) mass is 215 g/mol. The molecule has 84 valence electrons. The van der Waals surface area contributed by atoms with Crippen molar-refractivity contribution in [3.8, 4) is 5.88 Å². The lowest BCUT2D eigenvalue weighted by atomic mass is 10.5. The maximum atomic E-state index is 13.1. The summed E-state index contributed by atoms with van der Waals surface area (Å²) in [6.45, 7) is 2.55. The summed E-state index contributed by atoms with van der Waals surface area (Å²) in [5, 5.41) is 11.4. The third-order valence-corrected chi connectivity index (χ3v) is 1.58. The molecule has 0 aromatic carbocycles. The summed E-state index contributed by atoms with van der Waals surface area (Å²) < 4.78 is 17.9. The van der Waals surface area contributed by atoms with Crippen LogP contribution >= 0.6 is 0 Å². The van der Waals surface area contributed by atoms with Crippen LogP contribution in [0.25, 0.3) is 0 Å². The summed E-state index contributed by atoms with van der Waals surface area (Å²) in [7, 11) is 0. The van der Waals surface area contributed by atoms with Crippen molar-refractivity contribution in [3.63, 3.8) is 0 Å². The summed E-state index contributed by atoms with van der Waals surface area (Å²) >= 11 is 0. The van der Waals surface area contributed by atoms with Gasteiger partial charge in [-0.1, -0.05) is 6.92 Å². The van der Waals surface area contributed by atoms with E-state index in [-0.39, 0.29) is 19.1 Å². The van der Waals surface area contributed by atoms with Gasteiger partial charge in [0.15, 0.2) is 0 Å². The van der Waals surface area contributed by atoms with Gasteiger partial charge in [-0.25, -0.2) is 4.98 Å². The summed E-state index contributed by atoms with van der Waals surface area (Å²) in [5.74, 6) is -0.450. The molecule has 0 aliphatic carbocycles. The molecular weight excluding hydrogens is 201 g/mol. The summed E-state index contributed by atoms with van der Waals surface area (Å²) in [5.41, 5.74) is 0.